The molecule has 3 heteroatoms. The molecule has 0 bridgehead atoms. The molecule has 1 unspecified atom stereocenters. The highest BCUT2D eigenvalue weighted by Gasteiger charge is 2.14. The molecule has 1 rings (SSSR count). The lowest BCUT2D eigenvalue weighted by molar-refractivity contribution is 0.0770. The predicted molar refractivity (Wildman–Crippen MR) is 57.0 cm³/mol. The van der Waals surface area contributed by atoms with E-state index in [1.54, 1.807) is 20.0 Å². The van der Waals surface area contributed by atoms with E-state index in [9.17, 15) is 5.11 Å². The number of nitrogens with one attached hydrogen (secondary N) is 1. The molecule has 0 aliphatic rings. The summed E-state index contributed by atoms with van der Waals surface area (Å²) in [6, 6.07) is 4.15. The predicted octanol–water partition coefficient (Wildman–Crippen LogP) is 1.50. The fourth-order valence-corrected chi connectivity index (χ4v) is 1.15. The molecule has 0 fully saturated rings. The Kier molecular flexibility index (Phi) is 3.61. The van der Waals surface area contributed by atoms with E-state index in [0.29, 0.717) is 6.54 Å². The van der Waals surface area contributed by atoms with Crippen LogP contribution in [0.4, 0.5) is 0 Å². The van der Waals surface area contributed by atoms with Gasteiger partial charge in [0.1, 0.15) is 0 Å². The van der Waals surface area contributed by atoms with Crippen LogP contribution in [0.3, 0.4) is 0 Å². The molecular formula is C11H18N2O. The number of rotatable bonds is 4. The van der Waals surface area contributed by atoms with Gasteiger partial charge in [-0.1, -0.05) is 6.07 Å². The van der Waals surface area contributed by atoms with Crippen molar-refractivity contribution in [2.45, 2.75) is 32.4 Å². The lowest BCUT2D eigenvalue weighted by Crippen LogP contribution is -2.36. The zero-order valence-electron chi connectivity index (χ0n) is 8.99. The van der Waals surface area contributed by atoms with Gasteiger partial charge in [-0.05, 0) is 32.4 Å². The van der Waals surface area contributed by atoms with Gasteiger partial charge in [0.15, 0.2) is 0 Å². The van der Waals surface area contributed by atoms with Crippen molar-refractivity contribution in [1.82, 2.24) is 10.3 Å². The molecule has 0 spiro atoms. The van der Waals surface area contributed by atoms with Crippen molar-refractivity contribution in [2.24, 2.45) is 0 Å². The van der Waals surface area contributed by atoms with Crippen LogP contribution in [0.1, 0.15) is 32.4 Å². The van der Waals surface area contributed by atoms with E-state index >= 15 is 0 Å². The topological polar surface area (TPSA) is 45.1 Å². The lowest BCUT2D eigenvalue weighted by Gasteiger charge is -2.21. The van der Waals surface area contributed by atoms with Crippen molar-refractivity contribution in [1.29, 1.82) is 0 Å². The fourth-order valence-electron chi connectivity index (χ4n) is 1.15. The van der Waals surface area contributed by atoms with E-state index in [0.717, 1.165) is 5.56 Å². The molecule has 14 heavy (non-hydrogen) atoms. The summed E-state index contributed by atoms with van der Waals surface area (Å²) in [5, 5.41) is 12.8. The quantitative estimate of drug-likeness (QED) is 0.763. The van der Waals surface area contributed by atoms with Gasteiger partial charge in [-0.2, -0.15) is 0 Å². The Morgan fingerprint density at radius 3 is 2.79 bits per heavy atom. The van der Waals surface area contributed by atoms with Gasteiger partial charge >= 0.3 is 0 Å². The van der Waals surface area contributed by atoms with Gasteiger partial charge in [-0.15, -0.1) is 0 Å². The van der Waals surface area contributed by atoms with Crippen molar-refractivity contribution in [3.63, 3.8) is 0 Å². The molecule has 0 aromatic carbocycles. The van der Waals surface area contributed by atoms with Gasteiger partial charge in [0.05, 0.1) is 5.60 Å². The molecule has 0 saturated carbocycles. The second-order valence-electron chi connectivity index (χ2n) is 4.20. The molecule has 0 aliphatic heterocycles. The van der Waals surface area contributed by atoms with Crippen molar-refractivity contribution >= 4 is 0 Å². The average Bonchev–Trinajstić information content (AvgIpc) is 2.14. The maximum Gasteiger partial charge on any atom is 0.0715 e. The van der Waals surface area contributed by atoms with Crippen LogP contribution in [0.25, 0.3) is 0 Å². The monoisotopic (exact) mass is 194 g/mol. The van der Waals surface area contributed by atoms with Crippen LogP contribution in [0.2, 0.25) is 0 Å². The molecule has 1 heterocycles. The highest BCUT2D eigenvalue weighted by Crippen LogP contribution is 2.10. The number of pyridine rings is 1. The number of hydrogen-bond acceptors (Lipinski definition) is 3. The number of aliphatic hydroxyl groups is 1. The largest absolute Gasteiger partial charge is 0.389 e. The molecule has 0 radical (unpaired) electrons. The van der Waals surface area contributed by atoms with Gasteiger partial charge in [-0.25, -0.2) is 0 Å². The van der Waals surface area contributed by atoms with Crippen molar-refractivity contribution in [3.05, 3.63) is 30.1 Å². The van der Waals surface area contributed by atoms with Crippen LogP contribution < -0.4 is 5.32 Å². The summed E-state index contributed by atoms with van der Waals surface area (Å²) in [6.45, 7) is 6.21. The first-order chi connectivity index (χ1) is 6.49. The molecular weight excluding hydrogens is 176 g/mol. The third kappa shape index (κ3) is 3.85. The summed E-state index contributed by atoms with van der Waals surface area (Å²) in [6.07, 6.45) is 3.59. The Morgan fingerprint density at radius 2 is 2.29 bits per heavy atom. The van der Waals surface area contributed by atoms with Crippen molar-refractivity contribution in [3.8, 4) is 0 Å². The second-order valence-corrected chi connectivity index (χ2v) is 4.20. The van der Waals surface area contributed by atoms with Crippen LogP contribution in [0.15, 0.2) is 24.5 Å². The summed E-state index contributed by atoms with van der Waals surface area (Å²) in [4.78, 5) is 4.05. The van der Waals surface area contributed by atoms with E-state index in [-0.39, 0.29) is 6.04 Å². The molecule has 1 aromatic heterocycles. The van der Waals surface area contributed by atoms with E-state index in [1.165, 1.54) is 0 Å². The Bertz CT molecular complexity index is 266. The highest BCUT2D eigenvalue weighted by molar-refractivity contribution is 5.12. The van der Waals surface area contributed by atoms with Gasteiger partial charge in [0, 0.05) is 25.0 Å². The van der Waals surface area contributed by atoms with Crippen LogP contribution in [-0.2, 0) is 0 Å². The molecule has 1 atom stereocenters. The molecule has 3 nitrogen and oxygen atoms in total. The molecule has 1 aromatic rings. The fraction of sp³-hybridized carbons (Fsp3) is 0.545. The normalized spacial score (nSPS) is 14.0. The first kappa shape index (κ1) is 11.1. The summed E-state index contributed by atoms with van der Waals surface area (Å²) in [7, 11) is 0. The minimum Gasteiger partial charge on any atom is -0.389 e. The Hall–Kier alpha value is -0.930. The van der Waals surface area contributed by atoms with Gasteiger partial charge in [0.2, 0.25) is 0 Å². The molecule has 2 N–H and O–H groups in total. The third-order valence-electron chi connectivity index (χ3n) is 2.03. The van der Waals surface area contributed by atoms with Crippen LogP contribution in [0.5, 0.6) is 0 Å². The number of hydrogen-bond donors (Lipinski definition) is 2. The summed E-state index contributed by atoms with van der Waals surface area (Å²) >= 11 is 0. The standard InChI is InChI=1S/C11H18N2O/c1-9(13-8-11(2,3)14)10-5-4-6-12-7-10/h4-7,9,13-14H,8H2,1-3H3. The van der Waals surface area contributed by atoms with E-state index in [1.807, 2.05) is 18.3 Å². The first-order valence-electron chi connectivity index (χ1n) is 4.85. The highest BCUT2D eigenvalue weighted by atomic mass is 16.3. The maximum absolute atomic E-state index is 9.54. The third-order valence-corrected chi connectivity index (χ3v) is 2.03. The Labute approximate surface area is 85.2 Å². The summed E-state index contributed by atoms with van der Waals surface area (Å²) in [5.74, 6) is 0. The zero-order valence-corrected chi connectivity index (χ0v) is 8.99. The van der Waals surface area contributed by atoms with E-state index in [2.05, 4.69) is 17.2 Å². The number of aromatic nitrogens is 1. The second kappa shape index (κ2) is 4.53. The van der Waals surface area contributed by atoms with Crippen LogP contribution in [0, 0.1) is 0 Å². The minimum absolute atomic E-state index is 0.218. The van der Waals surface area contributed by atoms with E-state index in [4.69, 9.17) is 0 Å². The molecule has 0 amide bonds. The van der Waals surface area contributed by atoms with Crippen LogP contribution >= 0.6 is 0 Å². The van der Waals surface area contributed by atoms with Gasteiger partial charge in [0.25, 0.3) is 0 Å². The van der Waals surface area contributed by atoms with Gasteiger partial charge < -0.3 is 10.4 Å². The Balaban J connectivity index is 2.48. The lowest BCUT2D eigenvalue weighted by atomic mass is 10.1. The maximum atomic E-state index is 9.54. The molecule has 0 aliphatic carbocycles. The summed E-state index contributed by atoms with van der Waals surface area (Å²) in [5.41, 5.74) is 0.466. The molecule has 78 valence electrons. The van der Waals surface area contributed by atoms with Crippen LogP contribution in [-0.4, -0.2) is 22.2 Å². The molecule has 0 saturated heterocycles. The summed E-state index contributed by atoms with van der Waals surface area (Å²) < 4.78 is 0. The minimum atomic E-state index is -0.670. The Morgan fingerprint density at radius 1 is 1.57 bits per heavy atom. The van der Waals surface area contributed by atoms with Crippen molar-refractivity contribution < 1.29 is 5.11 Å². The SMILES string of the molecule is CC(NCC(C)(C)O)c1cccnc1. The smallest absolute Gasteiger partial charge is 0.0715 e. The van der Waals surface area contributed by atoms with E-state index < -0.39 is 5.60 Å². The zero-order chi connectivity index (χ0) is 10.6. The number of nitrogens with zero attached hydrogens (tertiary/aromatic N) is 1. The van der Waals surface area contributed by atoms with Crippen molar-refractivity contribution in [2.75, 3.05) is 6.54 Å². The first-order valence-corrected chi connectivity index (χ1v) is 4.85. The van der Waals surface area contributed by atoms with Gasteiger partial charge in [-0.3, -0.25) is 4.98 Å². The average molecular weight is 194 g/mol.